The summed E-state index contributed by atoms with van der Waals surface area (Å²) in [7, 11) is -3.15. The molecule has 0 atom stereocenters. The van der Waals surface area contributed by atoms with Crippen LogP contribution < -0.4 is 5.73 Å². The van der Waals surface area contributed by atoms with Crippen LogP contribution in [0.25, 0.3) is 0 Å². The van der Waals surface area contributed by atoms with Crippen molar-refractivity contribution in [3.05, 3.63) is 28.8 Å². The zero-order chi connectivity index (χ0) is 13.8. The van der Waals surface area contributed by atoms with E-state index < -0.39 is 15.8 Å². The van der Waals surface area contributed by atoms with E-state index in [4.69, 9.17) is 22.1 Å². The Kier molecular flexibility index (Phi) is 4.98. The molecular formula is C11H14ClNO4S. The molecule has 0 saturated carbocycles. The van der Waals surface area contributed by atoms with Crippen molar-refractivity contribution in [1.29, 1.82) is 0 Å². The molecular weight excluding hydrogens is 278 g/mol. The minimum atomic E-state index is -3.15. The minimum absolute atomic E-state index is 0.0175. The topological polar surface area (TPSA) is 86.5 Å². The molecule has 0 unspecified atom stereocenters. The van der Waals surface area contributed by atoms with Crippen molar-refractivity contribution in [3.63, 3.8) is 0 Å². The smallest absolute Gasteiger partial charge is 0.339 e. The predicted octanol–water partition coefficient (Wildman–Crippen LogP) is 1.51. The van der Waals surface area contributed by atoms with Crippen LogP contribution in [0.4, 0.5) is 5.69 Å². The van der Waals surface area contributed by atoms with Gasteiger partial charge in [-0.15, -0.1) is 0 Å². The molecule has 2 N–H and O–H groups in total. The van der Waals surface area contributed by atoms with Gasteiger partial charge in [0, 0.05) is 11.4 Å². The maximum atomic E-state index is 11.6. The molecule has 0 spiro atoms. The second-order valence-corrected chi connectivity index (χ2v) is 6.49. The van der Waals surface area contributed by atoms with Crippen LogP contribution in [0.2, 0.25) is 5.02 Å². The average molecular weight is 292 g/mol. The van der Waals surface area contributed by atoms with Crippen molar-refractivity contribution in [3.8, 4) is 0 Å². The third-order valence-electron chi connectivity index (χ3n) is 2.28. The number of carbonyl (C=O) groups excluding carboxylic acids is 1. The van der Waals surface area contributed by atoms with Gasteiger partial charge < -0.3 is 10.5 Å². The number of nitrogens with two attached hydrogens (primary N) is 1. The molecule has 0 aliphatic heterocycles. The van der Waals surface area contributed by atoms with Gasteiger partial charge in [0.25, 0.3) is 0 Å². The van der Waals surface area contributed by atoms with E-state index in [-0.39, 0.29) is 28.7 Å². The van der Waals surface area contributed by atoms with Crippen LogP contribution in [-0.4, -0.2) is 32.5 Å². The first-order valence-corrected chi connectivity index (χ1v) is 7.48. The molecule has 0 heterocycles. The van der Waals surface area contributed by atoms with Crippen molar-refractivity contribution in [2.75, 3.05) is 23.8 Å². The Hall–Kier alpha value is -1.27. The Labute approximate surface area is 111 Å². The predicted molar refractivity (Wildman–Crippen MR) is 70.5 cm³/mol. The van der Waals surface area contributed by atoms with Gasteiger partial charge in [-0.2, -0.15) is 0 Å². The van der Waals surface area contributed by atoms with Crippen LogP contribution in [0.3, 0.4) is 0 Å². The second kappa shape index (κ2) is 6.06. The molecule has 5 nitrogen and oxygen atoms in total. The first kappa shape index (κ1) is 14.8. The first-order valence-electron chi connectivity index (χ1n) is 5.28. The van der Waals surface area contributed by atoms with Crippen LogP contribution in [0.5, 0.6) is 0 Å². The van der Waals surface area contributed by atoms with Crippen molar-refractivity contribution in [2.45, 2.75) is 6.92 Å². The minimum Gasteiger partial charge on any atom is -0.461 e. The summed E-state index contributed by atoms with van der Waals surface area (Å²) in [5.74, 6) is -0.864. The molecule has 0 aromatic heterocycles. The van der Waals surface area contributed by atoms with Gasteiger partial charge in [-0.1, -0.05) is 18.5 Å². The van der Waals surface area contributed by atoms with E-state index in [2.05, 4.69) is 0 Å². The Balaban J connectivity index is 2.64. The number of sulfone groups is 1. The van der Waals surface area contributed by atoms with E-state index in [9.17, 15) is 13.2 Å². The zero-order valence-corrected chi connectivity index (χ0v) is 11.4. The summed E-state index contributed by atoms with van der Waals surface area (Å²) >= 11 is 5.81. The largest absolute Gasteiger partial charge is 0.461 e. The molecule has 0 fully saturated rings. The van der Waals surface area contributed by atoms with Gasteiger partial charge >= 0.3 is 5.97 Å². The average Bonchev–Trinajstić information content (AvgIpc) is 2.32. The number of ether oxygens (including phenoxy) is 1. The van der Waals surface area contributed by atoms with Gasteiger partial charge in [0.05, 0.1) is 16.3 Å². The molecule has 1 aromatic rings. The first-order chi connectivity index (χ1) is 8.35. The summed E-state index contributed by atoms with van der Waals surface area (Å²) in [5.41, 5.74) is 6.03. The number of hydrogen-bond acceptors (Lipinski definition) is 5. The third kappa shape index (κ3) is 4.19. The summed E-state index contributed by atoms with van der Waals surface area (Å²) in [4.78, 5) is 11.6. The highest BCUT2D eigenvalue weighted by Crippen LogP contribution is 2.19. The molecule has 0 aliphatic rings. The van der Waals surface area contributed by atoms with Gasteiger partial charge in [-0.05, 0) is 18.2 Å². The van der Waals surface area contributed by atoms with Crippen LogP contribution in [0, 0.1) is 0 Å². The molecule has 0 amide bonds. The van der Waals surface area contributed by atoms with Gasteiger partial charge in [0.15, 0.2) is 9.84 Å². The number of benzene rings is 1. The fourth-order valence-corrected chi connectivity index (χ4v) is 2.00. The fourth-order valence-electron chi connectivity index (χ4n) is 1.18. The van der Waals surface area contributed by atoms with Gasteiger partial charge in [0.2, 0.25) is 0 Å². The van der Waals surface area contributed by atoms with Crippen molar-refractivity contribution in [1.82, 2.24) is 0 Å². The third-order valence-corrected chi connectivity index (χ3v) is 4.28. The highest BCUT2D eigenvalue weighted by molar-refractivity contribution is 7.91. The van der Waals surface area contributed by atoms with E-state index >= 15 is 0 Å². The molecule has 18 heavy (non-hydrogen) atoms. The number of rotatable bonds is 5. The van der Waals surface area contributed by atoms with Gasteiger partial charge in [0.1, 0.15) is 6.61 Å². The highest BCUT2D eigenvalue weighted by atomic mass is 35.5. The van der Waals surface area contributed by atoms with Crippen LogP contribution in [-0.2, 0) is 14.6 Å². The van der Waals surface area contributed by atoms with E-state index in [1.807, 2.05) is 0 Å². The number of esters is 1. The van der Waals surface area contributed by atoms with Crippen LogP contribution in [0.15, 0.2) is 18.2 Å². The second-order valence-electron chi connectivity index (χ2n) is 3.61. The Morgan fingerprint density at radius 2 is 2.11 bits per heavy atom. The highest BCUT2D eigenvalue weighted by Gasteiger charge is 2.14. The number of halogens is 1. The molecule has 1 rings (SSSR count). The fraction of sp³-hybridized carbons (Fsp3) is 0.364. The lowest BCUT2D eigenvalue weighted by molar-refractivity contribution is 0.0529. The van der Waals surface area contributed by atoms with Gasteiger partial charge in [-0.3, -0.25) is 0 Å². The van der Waals surface area contributed by atoms with E-state index in [0.29, 0.717) is 5.69 Å². The molecule has 7 heteroatoms. The molecule has 0 aliphatic carbocycles. The number of nitrogen functional groups attached to an aromatic ring is 1. The summed E-state index contributed by atoms with van der Waals surface area (Å²) in [6, 6.07) is 4.43. The molecule has 0 radical (unpaired) electrons. The standard InChI is InChI=1S/C11H14ClNO4S/c1-2-18(15,16)6-5-17-11(14)9-7-8(13)3-4-10(9)12/h3-4,7H,2,5-6,13H2,1H3. The Morgan fingerprint density at radius 3 is 2.72 bits per heavy atom. The van der Waals surface area contributed by atoms with Crippen molar-refractivity contribution < 1.29 is 17.9 Å². The molecule has 1 aromatic carbocycles. The maximum absolute atomic E-state index is 11.6. The molecule has 0 saturated heterocycles. The monoisotopic (exact) mass is 291 g/mol. The lowest BCUT2D eigenvalue weighted by atomic mass is 10.2. The quantitative estimate of drug-likeness (QED) is 0.656. The summed E-state index contributed by atoms with van der Waals surface area (Å²) in [6.07, 6.45) is 0. The van der Waals surface area contributed by atoms with E-state index in [1.54, 1.807) is 6.07 Å². The number of hydrogen-bond donors (Lipinski definition) is 1. The maximum Gasteiger partial charge on any atom is 0.339 e. The van der Waals surface area contributed by atoms with Gasteiger partial charge in [-0.25, -0.2) is 13.2 Å². The lowest BCUT2D eigenvalue weighted by Crippen LogP contribution is -2.17. The summed E-state index contributed by atoms with van der Waals surface area (Å²) in [6.45, 7) is 1.34. The van der Waals surface area contributed by atoms with Crippen LogP contribution >= 0.6 is 11.6 Å². The Morgan fingerprint density at radius 1 is 1.44 bits per heavy atom. The molecule has 0 bridgehead atoms. The van der Waals surface area contributed by atoms with Crippen molar-refractivity contribution in [2.24, 2.45) is 0 Å². The normalized spacial score (nSPS) is 11.2. The van der Waals surface area contributed by atoms with E-state index in [1.165, 1.54) is 19.1 Å². The number of carbonyl (C=O) groups is 1. The summed E-state index contributed by atoms with van der Waals surface area (Å²) < 4.78 is 27.2. The van der Waals surface area contributed by atoms with E-state index in [0.717, 1.165) is 0 Å². The Bertz CT molecular complexity index is 542. The lowest BCUT2D eigenvalue weighted by Gasteiger charge is -2.07. The van der Waals surface area contributed by atoms with Crippen LogP contribution in [0.1, 0.15) is 17.3 Å². The number of anilines is 1. The SMILES string of the molecule is CCS(=O)(=O)CCOC(=O)c1cc(N)ccc1Cl. The zero-order valence-electron chi connectivity index (χ0n) is 9.85. The molecule has 100 valence electrons. The summed E-state index contributed by atoms with van der Waals surface area (Å²) in [5, 5.41) is 0.215. The van der Waals surface area contributed by atoms with Crippen molar-refractivity contribution >= 4 is 33.1 Å².